The van der Waals surface area contributed by atoms with Gasteiger partial charge in [-0.05, 0) is 6.42 Å². The number of aliphatic carboxylic acids is 1. The normalized spacial score (nSPS) is 11.8. The van der Waals surface area contributed by atoms with Gasteiger partial charge in [0.2, 0.25) is 0 Å². The van der Waals surface area contributed by atoms with Crippen LogP contribution in [0.5, 0.6) is 0 Å². The SMILES string of the molecule is O=C[C@H](CCC(=O)O)NNC(=O)c1cnc[nH]1. The Hall–Kier alpha value is -2.22. The number of aromatic amines is 1. The van der Waals surface area contributed by atoms with E-state index >= 15 is 0 Å². The number of aromatic nitrogens is 2. The minimum absolute atomic E-state index is 0.0993. The molecule has 17 heavy (non-hydrogen) atoms. The van der Waals surface area contributed by atoms with Gasteiger partial charge in [-0.3, -0.25) is 15.0 Å². The summed E-state index contributed by atoms with van der Waals surface area (Å²) in [5.74, 6) is -1.48. The number of carboxylic acid groups (broad SMARTS) is 1. The summed E-state index contributed by atoms with van der Waals surface area (Å²) in [6, 6.07) is -0.738. The lowest BCUT2D eigenvalue weighted by Crippen LogP contribution is -2.45. The first-order chi connectivity index (χ1) is 8.13. The van der Waals surface area contributed by atoms with Crippen LogP contribution in [-0.4, -0.2) is 39.3 Å². The molecule has 1 atom stereocenters. The lowest BCUT2D eigenvalue weighted by molar-refractivity contribution is -0.137. The van der Waals surface area contributed by atoms with Crippen molar-refractivity contribution in [2.24, 2.45) is 0 Å². The van der Waals surface area contributed by atoms with Crippen molar-refractivity contribution >= 4 is 18.2 Å². The summed E-state index contributed by atoms with van der Waals surface area (Å²) in [4.78, 5) is 38.5. The molecule has 0 aromatic carbocycles. The maximum Gasteiger partial charge on any atom is 0.303 e. The number of nitrogens with one attached hydrogen (secondary N) is 3. The number of carboxylic acids is 1. The summed E-state index contributed by atoms with van der Waals surface area (Å²) in [5, 5.41) is 8.44. The van der Waals surface area contributed by atoms with Crippen LogP contribution in [-0.2, 0) is 9.59 Å². The molecule has 8 nitrogen and oxygen atoms in total. The predicted octanol–water partition coefficient (Wildman–Crippen LogP) is -0.924. The third-order valence-electron chi connectivity index (χ3n) is 1.95. The molecule has 1 amide bonds. The van der Waals surface area contributed by atoms with Crippen molar-refractivity contribution in [1.29, 1.82) is 0 Å². The van der Waals surface area contributed by atoms with Gasteiger partial charge in [0.05, 0.1) is 18.6 Å². The van der Waals surface area contributed by atoms with E-state index in [9.17, 15) is 14.4 Å². The number of aldehydes is 1. The molecule has 92 valence electrons. The number of rotatable bonds is 7. The number of hydrogen-bond acceptors (Lipinski definition) is 5. The molecule has 0 spiro atoms. The Labute approximate surface area is 96.4 Å². The Morgan fingerprint density at radius 1 is 1.59 bits per heavy atom. The minimum atomic E-state index is -1.00. The second-order valence-corrected chi connectivity index (χ2v) is 3.24. The zero-order chi connectivity index (χ0) is 12.7. The average molecular weight is 240 g/mol. The van der Waals surface area contributed by atoms with Gasteiger partial charge in [-0.2, -0.15) is 0 Å². The monoisotopic (exact) mass is 240 g/mol. The first kappa shape index (κ1) is 12.8. The molecule has 0 aliphatic heterocycles. The fraction of sp³-hybridized carbons (Fsp3) is 0.333. The van der Waals surface area contributed by atoms with Crippen LogP contribution in [0.15, 0.2) is 12.5 Å². The molecule has 0 saturated carbocycles. The summed E-state index contributed by atoms with van der Waals surface area (Å²) in [5.41, 5.74) is 4.95. The molecule has 0 aliphatic carbocycles. The molecule has 0 unspecified atom stereocenters. The van der Waals surface area contributed by atoms with Gasteiger partial charge in [-0.1, -0.05) is 0 Å². The van der Waals surface area contributed by atoms with Crippen LogP contribution >= 0.6 is 0 Å². The number of amides is 1. The van der Waals surface area contributed by atoms with E-state index in [1.165, 1.54) is 12.5 Å². The molecule has 4 N–H and O–H groups in total. The molecular formula is C9H12N4O4. The number of hydrazine groups is 1. The van der Waals surface area contributed by atoms with Gasteiger partial charge >= 0.3 is 5.97 Å². The zero-order valence-corrected chi connectivity index (χ0v) is 8.84. The molecule has 0 aliphatic rings. The largest absolute Gasteiger partial charge is 0.481 e. The number of H-pyrrole nitrogens is 1. The van der Waals surface area contributed by atoms with Gasteiger partial charge in [0.15, 0.2) is 0 Å². The van der Waals surface area contributed by atoms with E-state index in [2.05, 4.69) is 20.8 Å². The lowest BCUT2D eigenvalue weighted by atomic mass is 10.2. The number of nitrogens with zero attached hydrogens (tertiary/aromatic N) is 1. The molecule has 0 saturated heterocycles. The molecule has 1 aromatic heterocycles. The van der Waals surface area contributed by atoms with Crippen LogP contribution in [0.2, 0.25) is 0 Å². The molecule has 1 heterocycles. The highest BCUT2D eigenvalue weighted by Crippen LogP contribution is 1.94. The fourth-order valence-corrected chi connectivity index (χ4v) is 1.06. The van der Waals surface area contributed by atoms with Crippen molar-refractivity contribution in [3.05, 3.63) is 18.2 Å². The highest BCUT2D eigenvalue weighted by atomic mass is 16.4. The molecule has 1 rings (SSSR count). The van der Waals surface area contributed by atoms with Gasteiger partial charge in [0.1, 0.15) is 12.0 Å². The molecule has 0 bridgehead atoms. The first-order valence-electron chi connectivity index (χ1n) is 4.85. The summed E-state index contributed by atoms with van der Waals surface area (Å²) < 4.78 is 0. The van der Waals surface area contributed by atoms with Crippen molar-refractivity contribution in [1.82, 2.24) is 20.8 Å². The molecular weight excluding hydrogens is 228 g/mol. The van der Waals surface area contributed by atoms with E-state index in [1.54, 1.807) is 0 Å². The standard InChI is InChI=1S/C9H12N4O4/c14-4-6(1-2-8(15)16)12-13-9(17)7-3-10-5-11-7/h3-6,12H,1-2H2,(H,10,11)(H,13,17)(H,15,16)/t6-/m0/s1. The summed E-state index contributed by atoms with van der Waals surface area (Å²) in [7, 11) is 0. The van der Waals surface area contributed by atoms with E-state index in [0.717, 1.165) is 0 Å². The van der Waals surface area contributed by atoms with Gasteiger partial charge in [-0.15, -0.1) is 0 Å². The van der Waals surface area contributed by atoms with Crippen LogP contribution in [0, 0.1) is 0 Å². The van der Waals surface area contributed by atoms with E-state index in [4.69, 9.17) is 5.11 Å². The van der Waals surface area contributed by atoms with Gasteiger partial charge in [-0.25, -0.2) is 10.4 Å². The highest BCUT2D eigenvalue weighted by Gasteiger charge is 2.12. The van der Waals surface area contributed by atoms with Gasteiger partial charge in [0, 0.05) is 6.42 Å². The second kappa shape index (κ2) is 6.38. The Balaban J connectivity index is 2.35. The lowest BCUT2D eigenvalue weighted by Gasteiger charge is -2.11. The van der Waals surface area contributed by atoms with Crippen LogP contribution in [0.25, 0.3) is 0 Å². The Morgan fingerprint density at radius 3 is 2.88 bits per heavy atom. The van der Waals surface area contributed by atoms with Crippen molar-refractivity contribution in [2.75, 3.05) is 0 Å². The van der Waals surface area contributed by atoms with Gasteiger partial charge in [0.25, 0.3) is 5.91 Å². The number of imidazole rings is 1. The maximum absolute atomic E-state index is 11.4. The topological polar surface area (TPSA) is 124 Å². The van der Waals surface area contributed by atoms with Crippen LogP contribution < -0.4 is 10.9 Å². The summed E-state index contributed by atoms with van der Waals surface area (Å²) in [6.45, 7) is 0. The van der Waals surface area contributed by atoms with Crippen molar-refractivity contribution < 1.29 is 19.5 Å². The van der Waals surface area contributed by atoms with Crippen molar-refractivity contribution in [3.8, 4) is 0 Å². The molecule has 0 fully saturated rings. The molecule has 0 radical (unpaired) electrons. The minimum Gasteiger partial charge on any atom is -0.481 e. The third-order valence-corrected chi connectivity index (χ3v) is 1.95. The Bertz CT molecular complexity index is 390. The highest BCUT2D eigenvalue weighted by molar-refractivity contribution is 5.91. The Kier molecular flexibility index (Phi) is 4.82. The average Bonchev–Trinajstić information content (AvgIpc) is 2.82. The van der Waals surface area contributed by atoms with E-state index in [1.807, 2.05) is 0 Å². The van der Waals surface area contributed by atoms with E-state index in [-0.39, 0.29) is 18.5 Å². The third kappa shape index (κ3) is 4.43. The smallest absolute Gasteiger partial charge is 0.303 e. The fourth-order valence-electron chi connectivity index (χ4n) is 1.06. The molecule has 8 heteroatoms. The van der Waals surface area contributed by atoms with Crippen molar-refractivity contribution in [3.63, 3.8) is 0 Å². The molecule has 1 aromatic rings. The number of hydrogen-bond donors (Lipinski definition) is 4. The Morgan fingerprint density at radius 2 is 2.35 bits per heavy atom. The number of carbonyl (C=O) groups excluding carboxylic acids is 2. The maximum atomic E-state index is 11.4. The van der Waals surface area contributed by atoms with E-state index < -0.39 is 17.9 Å². The summed E-state index contributed by atoms with van der Waals surface area (Å²) in [6.07, 6.45) is 3.15. The second-order valence-electron chi connectivity index (χ2n) is 3.24. The first-order valence-corrected chi connectivity index (χ1v) is 4.85. The zero-order valence-electron chi connectivity index (χ0n) is 8.84. The quantitative estimate of drug-likeness (QED) is 0.361. The number of carbonyl (C=O) groups is 3. The summed E-state index contributed by atoms with van der Waals surface area (Å²) >= 11 is 0. The van der Waals surface area contributed by atoms with Crippen LogP contribution in [0.4, 0.5) is 0 Å². The van der Waals surface area contributed by atoms with Crippen LogP contribution in [0.1, 0.15) is 23.3 Å². The van der Waals surface area contributed by atoms with Gasteiger partial charge < -0.3 is 14.9 Å². The van der Waals surface area contributed by atoms with Crippen molar-refractivity contribution in [2.45, 2.75) is 18.9 Å². The predicted molar refractivity (Wildman–Crippen MR) is 55.9 cm³/mol. The van der Waals surface area contributed by atoms with Crippen LogP contribution in [0.3, 0.4) is 0 Å². The van der Waals surface area contributed by atoms with E-state index in [0.29, 0.717) is 6.29 Å².